The predicted octanol–water partition coefficient (Wildman–Crippen LogP) is 13.2. The van der Waals surface area contributed by atoms with Crippen molar-refractivity contribution in [1.29, 1.82) is 0 Å². The van der Waals surface area contributed by atoms with Gasteiger partial charge in [-0.3, -0.25) is 0 Å². The fourth-order valence-electron chi connectivity index (χ4n) is 7.85. The molecule has 0 amide bonds. The van der Waals surface area contributed by atoms with Crippen molar-refractivity contribution in [3.63, 3.8) is 0 Å². The molecule has 0 aromatic rings. The van der Waals surface area contributed by atoms with Crippen LogP contribution in [0.2, 0.25) is 0 Å². The minimum Gasteiger partial charge on any atom is -0.389 e. The zero-order valence-corrected chi connectivity index (χ0v) is 35.6. The SMILES string of the molecule is C=C(C)C(=C)C(C)CC1CCC1.C=C(C)C(C)C1C(CC)C1(C)C.C=C(CCC(CC(C)(C)C)NC(=C)NC(C(=C)C)C(C)(C)C)NCC. The maximum absolute atomic E-state index is 4.22. The van der Waals surface area contributed by atoms with Gasteiger partial charge in [0.25, 0.3) is 0 Å². The second-order valence-electron chi connectivity index (χ2n) is 18.8. The molecule has 6 atom stereocenters. The highest BCUT2D eigenvalue weighted by molar-refractivity contribution is 5.25. The topological polar surface area (TPSA) is 36.1 Å². The fourth-order valence-corrected chi connectivity index (χ4v) is 7.85. The van der Waals surface area contributed by atoms with Crippen LogP contribution >= 0.6 is 0 Å². The molecule has 2 rings (SSSR count). The van der Waals surface area contributed by atoms with E-state index in [2.05, 4.69) is 159 Å². The van der Waals surface area contributed by atoms with Crippen molar-refractivity contribution >= 4 is 0 Å². The highest BCUT2D eigenvalue weighted by Gasteiger charge is 2.58. The lowest BCUT2D eigenvalue weighted by Gasteiger charge is -2.35. The second kappa shape index (κ2) is 20.6. The van der Waals surface area contributed by atoms with Gasteiger partial charge in [-0.05, 0) is 99.2 Å². The third-order valence-corrected chi connectivity index (χ3v) is 11.1. The number of allylic oxidation sites excluding steroid dienone is 4. The summed E-state index contributed by atoms with van der Waals surface area (Å²) in [6.45, 7) is 59.0. The molecule has 0 aromatic carbocycles. The van der Waals surface area contributed by atoms with Gasteiger partial charge in [0.05, 0.1) is 11.9 Å². The van der Waals surface area contributed by atoms with Crippen LogP contribution < -0.4 is 16.0 Å². The third-order valence-electron chi connectivity index (χ3n) is 11.1. The minimum atomic E-state index is 0.0926. The van der Waals surface area contributed by atoms with E-state index >= 15 is 0 Å². The Morgan fingerprint density at radius 3 is 1.73 bits per heavy atom. The van der Waals surface area contributed by atoms with E-state index in [0.717, 1.165) is 66.2 Å². The summed E-state index contributed by atoms with van der Waals surface area (Å²) >= 11 is 0. The van der Waals surface area contributed by atoms with Gasteiger partial charge in [-0.2, -0.15) is 0 Å². The van der Waals surface area contributed by atoms with Crippen LogP contribution in [-0.2, 0) is 0 Å². The van der Waals surface area contributed by atoms with Gasteiger partial charge in [-0.1, -0.05) is 164 Å². The molecule has 3 N–H and O–H groups in total. The Labute approximate surface area is 308 Å². The summed E-state index contributed by atoms with van der Waals surface area (Å²) in [4.78, 5) is 0. The molecule has 0 heterocycles. The molecule has 0 aliphatic heterocycles. The first-order valence-corrected chi connectivity index (χ1v) is 19.6. The Hall–Kier alpha value is -2.16. The van der Waals surface area contributed by atoms with E-state index in [-0.39, 0.29) is 16.9 Å². The van der Waals surface area contributed by atoms with Gasteiger partial charge in [0.15, 0.2) is 0 Å². The normalized spacial score (nSPS) is 20.6. The Morgan fingerprint density at radius 1 is 0.837 bits per heavy atom. The van der Waals surface area contributed by atoms with Gasteiger partial charge >= 0.3 is 0 Å². The van der Waals surface area contributed by atoms with E-state index in [1.165, 1.54) is 43.3 Å². The molecular formula is C46H85N3. The molecule has 3 nitrogen and oxygen atoms in total. The molecule has 0 bridgehead atoms. The zero-order valence-electron chi connectivity index (χ0n) is 35.6. The van der Waals surface area contributed by atoms with Crippen molar-refractivity contribution < 1.29 is 0 Å². The van der Waals surface area contributed by atoms with E-state index in [4.69, 9.17) is 0 Å². The van der Waals surface area contributed by atoms with Gasteiger partial charge < -0.3 is 16.0 Å². The maximum Gasteiger partial charge on any atom is 0.0919 e. The van der Waals surface area contributed by atoms with Crippen LogP contribution in [0.15, 0.2) is 73.3 Å². The average molecular weight is 680 g/mol. The summed E-state index contributed by atoms with van der Waals surface area (Å²) in [5.74, 6) is 5.05. The van der Waals surface area contributed by atoms with Crippen LogP contribution in [-0.4, -0.2) is 18.6 Å². The molecule has 0 spiro atoms. The summed E-state index contributed by atoms with van der Waals surface area (Å²) in [6.07, 6.45) is 10.1. The predicted molar refractivity (Wildman–Crippen MR) is 223 cm³/mol. The lowest BCUT2D eigenvalue weighted by Crippen LogP contribution is -2.46. The molecule has 0 saturated heterocycles. The minimum absolute atomic E-state index is 0.0926. The first-order valence-electron chi connectivity index (χ1n) is 19.6. The first kappa shape index (κ1) is 46.8. The van der Waals surface area contributed by atoms with Crippen LogP contribution in [0, 0.1) is 45.8 Å². The van der Waals surface area contributed by atoms with E-state index < -0.39 is 0 Å². The first-order chi connectivity index (χ1) is 22.3. The standard InChI is InChI=1S/C22H43N3.C12H22.C12H20/c1-12-23-17(4)13-14-19(15-21(6,7)8)24-18(5)25-20(16(2)3)22(9,10)11;1-7-10-11(12(10,5)6)9(4)8(2)3;1-9(2)11(4)10(3)8-12-6-5-7-12/h19-20,23-25H,2,4-5,12-15H2,1,3,6-11H3;9-11H,2,7H2,1,3-6H3;10,12H,1,4-8H2,2-3H3. The number of hydrogen-bond donors (Lipinski definition) is 3. The van der Waals surface area contributed by atoms with Gasteiger partial charge in [0.1, 0.15) is 0 Å². The summed E-state index contributed by atoms with van der Waals surface area (Å²) < 4.78 is 0. The molecule has 0 radical (unpaired) electrons. The van der Waals surface area contributed by atoms with Crippen molar-refractivity contribution in [2.75, 3.05) is 6.54 Å². The van der Waals surface area contributed by atoms with E-state index in [1.54, 1.807) is 0 Å². The zero-order chi connectivity index (χ0) is 38.5. The monoisotopic (exact) mass is 680 g/mol. The lowest BCUT2D eigenvalue weighted by molar-refractivity contribution is 0.270. The van der Waals surface area contributed by atoms with Gasteiger partial charge in [-0.15, -0.1) is 0 Å². The quantitative estimate of drug-likeness (QED) is 0.0997. The highest BCUT2D eigenvalue weighted by atomic mass is 15.1. The second-order valence-corrected chi connectivity index (χ2v) is 18.8. The molecule has 2 saturated carbocycles. The van der Waals surface area contributed by atoms with E-state index in [9.17, 15) is 0 Å². The van der Waals surface area contributed by atoms with Crippen molar-refractivity contribution in [2.24, 2.45) is 45.8 Å². The number of rotatable bonds is 18. The van der Waals surface area contributed by atoms with Crippen molar-refractivity contribution in [3.05, 3.63) is 73.3 Å². The van der Waals surface area contributed by atoms with Crippen molar-refractivity contribution in [2.45, 2.75) is 167 Å². The lowest BCUT2D eigenvalue weighted by atomic mass is 9.77. The molecule has 284 valence electrons. The Balaban J connectivity index is 0.000000791. The van der Waals surface area contributed by atoms with Crippen LogP contribution in [0.25, 0.3) is 0 Å². The van der Waals surface area contributed by atoms with Crippen molar-refractivity contribution in [1.82, 2.24) is 16.0 Å². The van der Waals surface area contributed by atoms with E-state index in [0.29, 0.717) is 23.3 Å². The fraction of sp³-hybridized carbons (Fsp3) is 0.739. The molecule has 6 unspecified atom stereocenters. The van der Waals surface area contributed by atoms with Crippen LogP contribution in [0.1, 0.15) is 155 Å². The molecule has 49 heavy (non-hydrogen) atoms. The summed E-state index contributed by atoms with van der Waals surface area (Å²) in [5.41, 5.74) is 6.92. The molecule has 2 fully saturated rings. The maximum atomic E-state index is 4.22. The summed E-state index contributed by atoms with van der Waals surface area (Å²) in [7, 11) is 0. The Bertz CT molecular complexity index is 1090. The molecular weight excluding hydrogens is 595 g/mol. The Kier molecular flexibility index (Phi) is 19.7. The van der Waals surface area contributed by atoms with Gasteiger partial charge in [0.2, 0.25) is 0 Å². The largest absolute Gasteiger partial charge is 0.389 e. The highest BCUT2D eigenvalue weighted by Crippen LogP contribution is 2.64. The smallest absolute Gasteiger partial charge is 0.0919 e. The molecule has 3 heteroatoms. The van der Waals surface area contributed by atoms with Crippen molar-refractivity contribution in [3.8, 4) is 0 Å². The van der Waals surface area contributed by atoms with Crippen LogP contribution in [0.5, 0.6) is 0 Å². The molecule has 2 aliphatic rings. The van der Waals surface area contributed by atoms with Crippen LogP contribution in [0.3, 0.4) is 0 Å². The average Bonchev–Trinajstić information content (AvgIpc) is 3.50. The van der Waals surface area contributed by atoms with Crippen LogP contribution in [0.4, 0.5) is 0 Å². The van der Waals surface area contributed by atoms with Gasteiger partial charge in [-0.25, -0.2) is 0 Å². The number of hydrogen-bond acceptors (Lipinski definition) is 3. The molecule has 0 aromatic heterocycles. The van der Waals surface area contributed by atoms with E-state index in [1.807, 2.05) is 0 Å². The van der Waals surface area contributed by atoms with Gasteiger partial charge in [0, 0.05) is 18.3 Å². The Morgan fingerprint density at radius 2 is 1.39 bits per heavy atom. The number of nitrogens with one attached hydrogen (secondary N) is 3. The third kappa shape index (κ3) is 17.6. The summed E-state index contributed by atoms with van der Waals surface area (Å²) in [5, 5.41) is 10.5. The summed E-state index contributed by atoms with van der Waals surface area (Å²) in [6, 6.07) is 0.556. The molecule has 2 aliphatic carbocycles.